The number of rotatable bonds is 8. The number of amides is 1. The smallest absolute Gasteiger partial charge is 0.275 e. The molecule has 0 aliphatic carbocycles. The topological polar surface area (TPSA) is 75.7 Å². The standard InChI is InChI=1S/C23H29N3O3/c1-16(2)24-22(28)15-26-21(19-9-6-7-17(3)11-19)14-25-13-18(8-4-5-10-27)12-20(25)23(26)29/h6-7,9,11-14,16,27H,4-5,8,10,15H2,1-3H3,(H,24,28). The number of nitrogens with one attached hydrogen (secondary N) is 1. The van der Waals surface area contributed by atoms with Gasteiger partial charge in [-0.2, -0.15) is 0 Å². The molecule has 6 heteroatoms. The predicted octanol–water partition coefficient (Wildman–Crippen LogP) is 2.92. The fourth-order valence-corrected chi connectivity index (χ4v) is 3.54. The first-order valence-corrected chi connectivity index (χ1v) is 10.1. The average molecular weight is 396 g/mol. The molecule has 1 aromatic carbocycles. The highest BCUT2D eigenvalue weighted by Crippen LogP contribution is 2.21. The molecule has 2 N–H and O–H groups in total. The first kappa shape index (κ1) is 20.9. The predicted molar refractivity (Wildman–Crippen MR) is 115 cm³/mol. The molecule has 0 radical (unpaired) electrons. The Kier molecular flexibility index (Phi) is 6.54. The van der Waals surface area contributed by atoms with Crippen molar-refractivity contribution in [2.24, 2.45) is 0 Å². The number of hydrogen-bond acceptors (Lipinski definition) is 3. The molecule has 3 aromatic rings. The number of aliphatic hydroxyl groups is 1. The van der Waals surface area contributed by atoms with E-state index in [1.807, 2.05) is 67.9 Å². The molecule has 2 aromatic heterocycles. The van der Waals surface area contributed by atoms with Crippen LogP contribution in [0.1, 0.15) is 37.8 Å². The van der Waals surface area contributed by atoms with Crippen molar-refractivity contribution in [3.8, 4) is 11.3 Å². The summed E-state index contributed by atoms with van der Waals surface area (Å²) in [5, 5.41) is 11.9. The Morgan fingerprint density at radius 1 is 1.17 bits per heavy atom. The lowest BCUT2D eigenvalue weighted by Crippen LogP contribution is -2.36. The molecule has 0 aliphatic heterocycles. The second kappa shape index (κ2) is 9.09. The molecule has 154 valence electrons. The van der Waals surface area contributed by atoms with Gasteiger partial charge in [-0.15, -0.1) is 0 Å². The monoisotopic (exact) mass is 395 g/mol. The molecule has 0 fully saturated rings. The number of fused-ring (bicyclic) bond motifs is 1. The lowest BCUT2D eigenvalue weighted by atomic mass is 10.1. The maximum absolute atomic E-state index is 13.3. The van der Waals surface area contributed by atoms with Gasteiger partial charge in [-0.25, -0.2) is 0 Å². The summed E-state index contributed by atoms with van der Waals surface area (Å²) in [6.45, 7) is 5.95. The van der Waals surface area contributed by atoms with Crippen LogP contribution >= 0.6 is 0 Å². The van der Waals surface area contributed by atoms with E-state index >= 15 is 0 Å². The Morgan fingerprint density at radius 3 is 2.66 bits per heavy atom. The van der Waals surface area contributed by atoms with Crippen LogP contribution in [-0.4, -0.2) is 32.6 Å². The highest BCUT2D eigenvalue weighted by molar-refractivity contribution is 5.77. The number of aryl methyl sites for hydroxylation is 2. The zero-order valence-electron chi connectivity index (χ0n) is 17.3. The molecule has 0 saturated carbocycles. The summed E-state index contributed by atoms with van der Waals surface area (Å²) in [6.07, 6.45) is 6.29. The lowest BCUT2D eigenvalue weighted by Gasteiger charge is -2.15. The van der Waals surface area contributed by atoms with Gasteiger partial charge in [0.05, 0.1) is 5.69 Å². The highest BCUT2D eigenvalue weighted by atomic mass is 16.3. The zero-order valence-corrected chi connectivity index (χ0v) is 17.3. The van der Waals surface area contributed by atoms with Gasteiger partial charge in [0.25, 0.3) is 5.56 Å². The van der Waals surface area contributed by atoms with Gasteiger partial charge in [-0.05, 0) is 57.7 Å². The highest BCUT2D eigenvalue weighted by Gasteiger charge is 2.16. The Bertz CT molecular complexity index is 1060. The Labute approximate surface area is 170 Å². The second-order valence-electron chi connectivity index (χ2n) is 7.82. The fraction of sp³-hybridized carbons (Fsp3) is 0.391. The van der Waals surface area contributed by atoms with Gasteiger partial charge >= 0.3 is 0 Å². The summed E-state index contributed by atoms with van der Waals surface area (Å²) in [5.41, 5.74) is 4.12. The van der Waals surface area contributed by atoms with Crippen molar-refractivity contribution in [1.29, 1.82) is 0 Å². The Hall–Kier alpha value is -2.86. The third kappa shape index (κ3) is 4.95. The summed E-state index contributed by atoms with van der Waals surface area (Å²) in [7, 11) is 0. The van der Waals surface area contributed by atoms with E-state index in [1.54, 1.807) is 4.57 Å². The van der Waals surface area contributed by atoms with Crippen molar-refractivity contribution in [3.63, 3.8) is 0 Å². The van der Waals surface area contributed by atoms with E-state index in [1.165, 1.54) is 0 Å². The van der Waals surface area contributed by atoms with Crippen LogP contribution in [0.5, 0.6) is 0 Å². The first-order chi connectivity index (χ1) is 13.9. The number of carbonyl (C=O) groups is 1. The molecular formula is C23H29N3O3. The van der Waals surface area contributed by atoms with Crippen LogP contribution in [0, 0.1) is 6.92 Å². The molecule has 0 unspecified atom stereocenters. The minimum Gasteiger partial charge on any atom is -0.396 e. The summed E-state index contributed by atoms with van der Waals surface area (Å²) in [4.78, 5) is 25.7. The molecule has 6 nitrogen and oxygen atoms in total. The molecule has 1 amide bonds. The number of hydrogen-bond donors (Lipinski definition) is 2. The van der Waals surface area contributed by atoms with E-state index in [-0.39, 0.29) is 30.7 Å². The second-order valence-corrected chi connectivity index (χ2v) is 7.82. The maximum atomic E-state index is 13.3. The molecule has 29 heavy (non-hydrogen) atoms. The molecule has 3 rings (SSSR count). The largest absolute Gasteiger partial charge is 0.396 e. The van der Waals surface area contributed by atoms with Crippen molar-refractivity contribution < 1.29 is 9.90 Å². The van der Waals surface area contributed by atoms with E-state index < -0.39 is 0 Å². The van der Waals surface area contributed by atoms with Crippen molar-refractivity contribution in [2.75, 3.05) is 6.61 Å². The van der Waals surface area contributed by atoms with Gasteiger partial charge in [0.15, 0.2) is 0 Å². The SMILES string of the molecule is Cc1cccc(-c2cn3cc(CCCCO)cc3c(=O)n2CC(=O)NC(C)C)c1. The van der Waals surface area contributed by atoms with E-state index in [0.717, 1.165) is 36.0 Å². The third-order valence-corrected chi connectivity index (χ3v) is 4.86. The minimum atomic E-state index is -0.185. The molecule has 0 atom stereocenters. The van der Waals surface area contributed by atoms with Crippen LogP contribution in [0.15, 0.2) is 47.5 Å². The van der Waals surface area contributed by atoms with Gasteiger partial charge in [0.2, 0.25) is 5.91 Å². The van der Waals surface area contributed by atoms with E-state index in [4.69, 9.17) is 5.11 Å². The van der Waals surface area contributed by atoms with Crippen LogP contribution in [0.3, 0.4) is 0 Å². The molecular weight excluding hydrogens is 366 g/mol. The Morgan fingerprint density at radius 2 is 1.97 bits per heavy atom. The number of aliphatic hydroxyl groups excluding tert-OH is 1. The Balaban J connectivity index is 2.10. The number of aromatic nitrogens is 2. The number of benzene rings is 1. The first-order valence-electron chi connectivity index (χ1n) is 10.1. The van der Waals surface area contributed by atoms with Crippen molar-refractivity contribution in [1.82, 2.24) is 14.3 Å². The number of nitrogens with zero attached hydrogens (tertiary/aromatic N) is 2. The third-order valence-electron chi connectivity index (χ3n) is 4.86. The lowest BCUT2D eigenvalue weighted by molar-refractivity contribution is -0.122. The van der Waals surface area contributed by atoms with Gasteiger partial charge < -0.3 is 14.8 Å². The molecule has 0 saturated heterocycles. The molecule has 2 heterocycles. The molecule has 0 spiro atoms. The van der Waals surface area contributed by atoms with Gasteiger partial charge in [0, 0.05) is 30.6 Å². The van der Waals surface area contributed by atoms with Gasteiger partial charge in [-0.3, -0.25) is 14.2 Å². The van der Waals surface area contributed by atoms with Crippen LogP contribution in [0.4, 0.5) is 0 Å². The maximum Gasteiger partial charge on any atom is 0.275 e. The molecule has 0 aliphatic rings. The van der Waals surface area contributed by atoms with Crippen molar-refractivity contribution in [3.05, 3.63) is 64.2 Å². The summed E-state index contributed by atoms with van der Waals surface area (Å²) in [5.74, 6) is -0.185. The zero-order chi connectivity index (χ0) is 21.0. The number of carbonyl (C=O) groups excluding carboxylic acids is 1. The van der Waals surface area contributed by atoms with Crippen molar-refractivity contribution in [2.45, 2.75) is 52.6 Å². The van der Waals surface area contributed by atoms with Gasteiger partial charge in [-0.1, -0.05) is 23.8 Å². The van der Waals surface area contributed by atoms with E-state index in [0.29, 0.717) is 11.2 Å². The molecule has 0 bridgehead atoms. The summed E-state index contributed by atoms with van der Waals surface area (Å²) >= 11 is 0. The number of unbranched alkanes of at least 4 members (excludes halogenated alkanes) is 1. The van der Waals surface area contributed by atoms with Gasteiger partial charge in [0.1, 0.15) is 12.1 Å². The normalized spacial score (nSPS) is 11.3. The van der Waals surface area contributed by atoms with Crippen LogP contribution in [-0.2, 0) is 17.8 Å². The van der Waals surface area contributed by atoms with Crippen LogP contribution in [0.2, 0.25) is 0 Å². The summed E-state index contributed by atoms with van der Waals surface area (Å²) < 4.78 is 3.41. The fourth-order valence-electron chi connectivity index (χ4n) is 3.54. The average Bonchev–Trinajstić information content (AvgIpc) is 3.07. The van der Waals surface area contributed by atoms with E-state index in [9.17, 15) is 9.59 Å². The minimum absolute atomic E-state index is 0.00998. The summed E-state index contributed by atoms with van der Waals surface area (Å²) in [6, 6.07) is 9.82. The van der Waals surface area contributed by atoms with E-state index in [2.05, 4.69) is 5.32 Å². The van der Waals surface area contributed by atoms with Crippen molar-refractivity contribution >= 4 is 11.4 Å². The quantitative estimate of drug-likeness (QED) is 0.576. The van der Waals surface area contributed by atoms with Crippen LogP contribution in [0.25, 0.3) is 16.8 Å². The van der Waals surface area contributed by atoms with Crippen LogP contribution < -0.4 is 10.9 Å².